The lowest BCUT2D eigenvalue weighted by Gasteiger charge is -2.44. The topological polar surface area (TPSA) is 38.2 Å². The Morgan fingerprint density at radius 1 is 1.14 bits per heavy atom. The maximum absolute atomic E-state index is 6.03. The minimum Gasteiger partial charge on any atom is -0.472 e. The van der Waals surface area contributed by atoms with E-state index < -0.39 is 0 Å². The van der Waals surface area contributed by atoms with Gasteiger partial charge in [-0.25, -0.2) is 0 Å². The first-order chi connectivity index (χ1) is 10.9. The molecule has 0 radical (unpaired) electrons. The molecule has 4 nitrogen and oxygen atoms in total. The Kier molecular flexibility index (Phi) is 3.79. The van der Waals surface area contributed by atoms with Crippen LogP contribution in [0.2, 0.25) is 0 Å². The van der Waals surface area contributed by atoms with Gasteiger partial charge in [0.15, 0.2) is 0 Å². The summed E-state index contributed by atoms with van der Waals surface area (Å²) in [5, 5.41) is 12.3. The van der Waals surface area contributed by atoms with Crippen LogP contribution in [0.3, 0.4) is 0 Å². The van der Waals surface area contributed by atoms with Crippen LogP contribution in [0.25, 0.3) is 0 Å². The van der Waals surface area contributed by atoms with Crippen molar-refractivity contribution in [3.8, 4) is 17.7 Å². The number of ether oxygens (including phenoxy) is 1. The monoisotopic (exact) mass is 311 g/mol. The van der Waals surface area contributed by atoms with Crippen LogP contribution in [-0.2, 0) is 0 Å². The summed E-state index contributed by atoms with van der Waals surface area (Å²) in [7, 11) is 0. The van der Waals surface area contributed by atoms with Crippen LogP contribution in [-0.4, -0.2) is 40.8 Å². The predicted molar refractivity (Wildman–Crippen MR) is 85.9 cm³/mol. The molecule has 5 rings (SSSR count). The molecule has 3 aliphatic rings. The highest BCUT2D eigenvalue weighted by molar-refractivity contribution is 7.08. The van der Waals surface area contributed by atoms with E-state index in [1.807, 2.05) is 29.0 Å². The molecule has 1 unspecified atom stereocenters. The Labute approximate surface area is 134 Å². The SMILES string of the molecule is C(#Cc1ccc(OC2CN3CCC2CC3)nn1)c1ccsc1. The zero-order chi connectivity index (χ0) is 14.8. The van der Waals surface area contributed by atoms with Crippen molar-refractivity contribution in [1.82, 2.24) is 15.1 Å². The van der Waals surface area contributed by atoms with Crippen molar-refractivity contribution in [1.29, 1.82) is 0 Å². The number of fused-ring (bicyclic) bond motifs is 3. The van der Waals surface area contributed by atoms with E-state index in [1.165, 1.54) is 25.9 Å². The summed E-state index contributed by atoms with van der Waals surface area (Å²) in [6, 6.07) is 5.75. The molecule has 0 aliphatic carbocycles. The molecule has 2 aromatic heterocycles. The van der Waals surface area contributed by atoms with Gasteiger partial charge in [0.1, 0.15) is 11.8 Å². The Bertz CT molecular complexity index is 679. The second-order valence-corrected chi connectivity index (χ2v) is 6.59. The van der Waals surface area contributed by atoms with Gasteiger partial charge >= 0.3 is 0 Å². The molecule has 5 heterocycles. The first-order valence-corrected chi connectivity index (χ1v) is 8.58. The fourth-order valence-corrected chi connectivity index (χ4v) is 3.71. The summed E-state index contributed by atoms with van der Waals surface area (Å²) in [6.45, 7) is 3.45. The Morgan fingerprint density at radius 2 is 2.05 bits per heavy atom. The van der Waals surface area contributed by atoms with Gasteiger partial charge in [0.25, 0.3) is 0 Å². The number of thiophene rings is 1. The van der Waals surface area contributed by atoms with E-state index in [-0.39, 0.29) is 6.10 Å². The maximum atomic E-state index is 6.03. The van der Waals surface area contributed by atoms with Gasteiger partial charge in [-0.1, -0.05) is 5.92 Å². The first kappa shape index (κ1) is 13.7. The van der Waals surface area contributed by atoms with Crippen LogP contribution in [0.4, 0.5) is 0 Å². The molecule has 0 aromatic carbocycles. The molecule has 0 spiro atoms. The Hall–Kier alpha value is -1.90. The van der Waals surface area contributed by atoms with Gasteiger partial charge in [0.05, 0.1) is 0 Å². The molecule has 0 saturated carbocycles. The van der Waals surface area contributed by atoms with Crippen molar-refractivity contribution in [2.24, 2.45) is 5.92 Å². The summed E-state index contributed by atoms with van der Waals surface area (Å²) in [5.74, 6) is 7.38. The number of hydrogen-bond acceptors (Lipinski definition) is 5. The largest absolute Gasteiger partial charge is 0.472 e. The third kappa shape index (κ3) is 2.99. The lowest BCUT2D eigenvalue weighted by Crippen LogP contribution is -2.52. The molecule has 1 atom stereocenters. The number of piperidine rings is 3. The predicted octanol–water partition coefficient (Wildman–Crippen LogP) is 2.41. The van der Waals surface area contributed by atoms with Crippen molar-refractivity contribution in [2.75, 3.05) is 19.6 Å². The van der Waals surface area contributed by atoms with Gasteiger partial charge < -0.3 is 4.74 Å². The Balaban J connectivity index is 1.41. The highest BCUT2D eigenvalue weighted by Gasteiger charge is 2.35. The number of hydrogen-bond donors (Lipinski definition) is 0. The zero-order valence-electron chi connectivity index (χ0n) is 12.2. The second kappa shape index (κ2) is 6.07. The fraction of sp³-hybridized carbons (Fsp3) is 0.412. The maximum Gasteiger partial charge on any atom is 0.233 e. The van der Waals surface area contributed by atoms with Gasteiger partial charge in [0.2, 0.25) is 5.88 Å². The van der Waals surface area contributed by atoms with Crippen LogP contribution in [0.15, 0.2) is 29.0 Å². The molecular formula is C17H17N3OS. The molecular weight excluding hydrogens is 294 g/mol. The quantitative estimate of drug-likeness (QED) is 0.798. The smallest absolute Gasteiger partial charge is 0.233 e. The van der Waals surface area contributed by atoms with Gasteiger partial charge in [-0.3, -0.25) is 4.90 Å². The van der Waals surface area contributed by atoms with Gasteiger partial charge in [0, 0.05) is 23.6 Å². The standard InChI is InChI=1S/C17H17N3OS/c1(13-7-10-22-12-13)2-15-3-4-17(19-18-15)21-16-11-20-8-5-14(16)6-9-20/h3-4,7,10,12,14,16H,5-6,8-9,11H2. The molecule has 3 aliphatic heterocycles. The van der Waals surface area contributed by atoms with Gasteiger partial charge in [-0.15, -0.1) is 10.2 Å². The molecule has 2 aromatic rings. The van der Waals surface area contributed by atoms with Crippen LogP contribution < -0.4 is 4.74 Å². The Morgan fingerprint density at radius 3 is 2.68 bits per heavy atom. The third-order valence-electron chi connectivity index (χ3n) is 4.36. The van der Waals surface area contributed by atoms with E-state index in [4.69, 9.17) is 4.74 Å². The van der Waals surface area contributed by atoms with Crippen molar-refractivity contribution >= 4 is 11.3 Å². The van der Waals surface area contributed by atoms with Crippen molar-refractivity contribution in [3.05, 3.63) is 40.2 Å². The summed E-state index contributed by atoms with van der Waals surface area (Å²) in [6.07, 6.45) is 2.74. The summed E-state index contributed by atoms with van der Waals surface area (Å²) >= 11 is 1.64. The lowest BCUT2D eigenvalue weighted by atomic mass is 9.86. The first-order valence-electron chi connectivity index (χ1n) is 7.64. The number of rotatable bonds is 2. The van der Waals surface area contributed by atoms with Gasteiger partial charge in [-0.2, -0.15) is 11.3 Å². The van der Waals surface area contributed by atoms with Crippen LogP contribution >= 0.6 is 11.3 Å². The molecule has 3 fully saturated rings. The van der Waals surface area contributed by atoms with Crippen LogP contribution in [0.1, 0.15) is 24.1 Å². The lowest BCUT2D eigenvalue weighted by molar-refractivity contribution is -0.0104. The van der Waals surface area contributed by atoms with Crippen LogP contribution in [0.5, 0.6) is 5.88 Å². The van der Waals surface area contributed by atoms with Crippen LogP contribution in [0, 0.1) is 17.8 Å². The van der Waals surface area contributed by atoms with E-state index >= 15 is 0 Å². The molecule has 0 N–H and O–H groups in total. The van der Waals surface area contributed by atoms with Crippen molar-refractivity contribution in [3.63, 3.8) is 0 Å². The number of nitrogens with zero attached hydrogens (tertiary/aromatic N) is 3. The summed E-state index contributed by atoms with van der Waals surface area (Å²) in [5.41, 5.74) is 1.69. The minimum atomic E-state index is 0.263. The van der Waals surface area contributed by atoms with E-state index in [0.29, 0.717) is 17.5 Å². The average Bonchev–Trinajstić information content (AvgIpc) is 3.09. The molecule has 0 amide bonds. The molecule has 5 heteroatoms. The van der Waals surface area contributed by atoms with Gasteiger partial charge in [-0.05, 0) is 55.3 Å². The normalized spacial score (nSPS) is 26.3. The van der Waals surface area contributed by atoms with E-state index in [0.717, 1.165) is 12.1 Å². The molecule has 2 bridgehead atoms. The van der Waals surface area contributed by atoms with E-state index in [1.54, 1.807) is 11.3 Å². The highest BCUT2D eigenvalue weighted by Crippen LogP contribution is 2.29. The van der Waals surface area contributed by atoms with Crippen molar-refractivity contribution in [2.45, 2.75) is 18.9 Å². The molecule has 22 heavy (non-hydrogen) atoms. The molecule has 112 valence electrons. The summed E-state index contributed by atoms with van der Waals surface area (Å²) in [4.78, 5) is 2.47. The average molecular weight is 311 g/mol. The highest BCUT2D eigenvalue weighted by atomic mass is 32.1. The van der Waals surface area contributed by atoms with Crippen molar-refractivity contribution < 1.29 is 4.74 Å². The van der Waals surface area contributed by atoms with E-state index in [9.17, 15) is 0 Å². The third-order valence-corrected chi connectivity index (χ3v) is 5.05. The second-order valence-electron chi connectivity index (χ2n) is 5.81. The molecule has 3 saturated heterocycles. The minimum absolute atomic E-state index is 0.263. The zero-order valence-corrected chi connectivity index (χ0v) is 13.1. The fourth-order valence-electron chi connectivity index (χ4n) is 3.12. The number of aromatic nitrogens is 2. The summed E-state index contributed by atoms with van der Waals surface area (Å²) < 4.78 is 6.03. The van der Waals surface area contributed by atoms with E-state index in [2.05, 4.69) is 26.9 Å².